The topological polar surface area (TPSA) is 44.8 Å². The van der Waals surface area contributed by atoms with Crippen LogP contribution in [0.5, 0.6) is 0 Å². The van der Waals surface area contributed by atoms with E-state index in [1.807, 2.05) is 0 Å². The molecule has 0 radical (unpaired) electrons. The molecule has 0 N–H and O–H groups in total. The third kappa shape index (κ3) is 23.9. The second kappa shape index (κ2) is 25.6. The Kier molecular flexibility index (Phi) is 25.1. The molecule has 4 nitrogen and oxygen atoms in total. The van der Waals surface area contributed by atoms with Gasteiger partial charge in [0.15, 0.2) is 0 Å². The highest BCUT2D eigenvalue weighted by Gasteiger charge is 2.12. The van der Waals surface area contributed by atoms with Crippen molar-refractivity contribution in [2.45, 2.75) is 130 Å². The van der Waals surface area contributed by atoms with Crippen LogP contribution in [0.4, 0.5) is 0 Å². The van der Waals surface area contributed by atoms with Crippen LogP contribution in [0, 0.1) is 5.92 Å². The van der Waals surface area contributed by atoms with Gasteiger partial charge in [-0.3, -0.25) is 4.79 Å². The first kappa shape index (κ1) is 30.4. The van der Waals surface area contributed by atoms with Gasteiger partial charge >= 0.3 is 5.97 Å². The van der Waals surface area contributed by atoms with E-state index >= 15 is 0 Å². The Hall–Kier alpha value is -0.610. The highest BCUT2D eigenvalue weighted by Crippen LogP contribution is 2.18. The van der Waals surface area contributed by atoms with Crippen molar-refractivity contribution in [2.75, 3.05) is 33.0 Å². The van der Waals surface area contributed by atoms with Gasteiger partial charge in [0.25, 0.3) is 0 Å². The SMILES string of the molecule is CCCCCCCCCOCCOCCCC(=O)OCC(CCCC)CCCCCC. The Balaban J connectivity index is 3.50. The minimum absolute atomic E-state index is 0.0751. The summed E-state index contributed by atoms with van der Waals surface area (Å²) in [6.45, 7) is 10.0. The molecule has 1 atom stereocenters. The van der Waals surface area contributed by atoms with Crippen LogP contribution in [0.15, 0.2) is 0 Å². The number of hydrogen-bond acceptors (Lipinski definition) is 4. The number of ether oxygens (including phenoxy) is 3. The van der Waals surface area contributed by atoms with Gasteiger partial charge in [-0.1, -0.05) is 97.8 Å². The fourth-order valence-electron chi connectivity index (χ4n) is 3.75. The minimum Gasteiger partial charge on any atom is -0.465 e. The summed E-state index contributed by atoms with van der Waals surface area (Å²) in [5, 5.41) is 0. The maximum atomic E-state index is 12.0. The molecule has 0 aliphatic carbocycles. The summed E-state index contributed by atoms with van der Waals surface area (Å²) < 4.78 is 16.7. The van der Waals surface area contributed by atoms with E-state index in [1.54, 1.807) is 0 Å². The molecular weight excluding hydrogens is 388 g/mol. The predicted octanol–water partition coefficient (Wildman–Crippen LogP) is 7.87. The van der Waals surface area contributed by atoms with E-state index in [-0.39, 0.29) is 5.97 Å². The zero-order chi connectivity index (χ0) is 22.8. The molecule has 0 spiro atoms. The van der Waals surface area contributed by atoms with Crippen molar-refractivity contribution in [1.82, 2.24) is 0 Å². The van der Waals surface area contributed by atoms with Gasteiger partial charge in [0.05, 0.1) is 19.8 Å². The summed E-state index contributed by atoms with van der Waals surface area (Å²) in [6.07, 6.45) is 20.3. The normalized spacial score (nSPS) is 12.2. The quantitative estimate of drug-likeness (QED) is 0.107. The fraction of sp³-hybridized carbons (Fsp3) is 0.963. The van der Waals surface area contributed by atoms with Crippen LogP contribution in [0.25, 0.3) is 0 Å². The van der Waals surface area contributed by atoms with Crippen molar-refractivity contribution in [3.63, 3.8) is 0 Å². The second-order valence-corrected chi connectivity index (χ2v) is 8.99. The van der Waals surface area contributed by atoms with Crippen molar-refractivity contribution < 1.29 is 19.0 Å². The molecule has 0 saturated heterocycles. The van der Waals surface area contributed by atoms with Crippen LogP contribution >= 0.6 is 0 Å². The molecule has 0 aliphatic rings. The molecule has 0 aromatic carbocycles. The lowest BCUT2D eigenvalue weighted by Crippen LogP contribution is -2.15. The summed E-state index contributed by atoms with van der Waals surface area (Å²) in [5.41, 5.74) is 0. The van der Waals surface area contributed by atoms with Gasteiger partial charge in [0.2, 0.25) is 0 Å². The van der Waals surface area contributed by atoms with Crippen LogP contribution in [-0.4, -0.2) is 39.0 Å². The molecule has 0 amide bonds. The summed E-state index contributed by atoms with van der Waals surface area (Å²) >= 11 is 0. The van der Waals surface area contributed by atoms with E-state index in [0.717, 1.165) is 19.4 Å². The van der Waals surface area contributed by atoms with Crippen molar-refractivity contribution in [1.29, 1.82) is 0 Å². The molecule has 186 valence electrons. The van der Waals surface area contributed by atoms with Crippen molar-refractivity contribution in [2.24, 2.45) is 5.92 Å². The lowest BCUT2D eigenvalue weighted by molar-refractivity contribution is -0.145. The molecule has 0 heterocycles. The number of carbonyl (C=O) groups excluding carboxylic acids is 1. The average molecular weight is 443 g/mol. The first-order valence-electron chi connectivity index (χ1n) is 13.6. The lowest BCUT2D eigenvalue weighted by Gasteiger charge is -2.16. The zero-order valence-corrected chi connectivity index (χ0v) is 21.3. The molecular formula is C27H54O4. The number of hydrogen-bond donors (Lipinski definition) is 0. The summed E-state index contributed by atoms with van der Waals surface area (Å²) in [6, 6.07) is 0. The maximum absolute atomic E-state index is 12.0. The standard InChI is InChI=1S/C27H54O4/c1-4-7-10-12-13-14-16-21-29-23-24-30-22-17-20-27(28)31-25-26(18-9-6-3)19-15-11-8-5-2/h26H,4-25H2,1-3H3. The fourth-order valence-corrected chi connectivity index (χ4v) is 3.75. The Morgan fingerprint density at radius 2 is 1.10 bits per heavy atom. The summed E-state index contributed by atoms with van der Waals surface area (Å²) in [5.74, 6) is 0.458. The first-order chi connectivity index (χ1) is 15.2. The Morgan fingerprint density at radius 1 is 0.581 bits per heavy atom. The third-order valence-electron chi connectivity index (χ3n) is 5.85. The van der Waals surface area contributed by atoms with E-state index in [0.29, 0.717) is 38.8 Å². The average Bonchev–Trinajstić information content (AvgIpc) is 2.78. The highest BCUT2D eigenvalue weighted by atomic mass is 16.5. The molecule has 0 fully saturated rings. The van der Waals surface area contributed by atoms with Crippen LogP contribution in [0.1, 0.15) is 130 Å². The van der Waals surface area contributed by atoms with Crippen LogP contribution in [0.3, 0.4) is 0 Å². The molecule has 4 heteroatoms. The van der Waals surface area contributed by atoms with Crippen molar-refractivity contribution in [3.05, 3.63) is 0 Å². The van der Waals surface area contributed by atoms with Gasteiger partial charge in [-0.05, 0) is 31.6 Å². The molecule has 1 unspecified atom stereocenters. The van der Waals surface area contributed by atoms with E-state index in [2.05, 4.69) is 20.8 Å². The van der Waals surface area contributed by atoms with E-state index in [1.165, 1.54) is 89.9 Å². The molecule has 0 rings (SSSR count). The maximum Gasteiger partial charge on any atom is 0.305 e. The summed E-state index contributed by atoms with van der Waals surface area (Å²) in [4.78, 5) is 12.0. The second-order valence-electron chi connectivity index (χ2n) is 8.99. The molecule has 0 aromatic heterocycles. The predicted molar refractivity (Wildman–Crippen MR) is 132 cm³/mol. The number of esters is 1. The largest absolute Gasteiger partial charge is 0.465 e. The highest BCUT2D eigenvalue weighted by molar-refractivity contribution is 5.69. The first-order valence-corrected chi connectivity index (χ1v) is 13.6. The van der Waals surface area contributed by atoms with Gasteiger partial charge in [-0.2, -0.15) is 0 Å². The Bertz CT molecular complexity index is 359. The summed E-state index contributed by atoms with van der Waals surface area (Å²) in [7, 11) is 0. The van der Waals surface area contributed by atoms with Crippen LogP contribution in [-0.2, 0) is 19.0 Å². The van der Waals surface area contributed by atoms with Crippen LogP contribution < -0.4 is 0 Å². The molecule has 0 aliphatic heterocycles. The van der Waals surface area contributed by atoms with Gasteiger partial charge in [-0.25, -0.2) is 0 Å². The third-order valence-corrected chi connectivity index (χ3v) is 5.85. The number of carbonyl (C=O) groups is 1. The van der Waals surface area contributed by atoms with E-state index in [4.69, 9.17) is 14.2 Å². The van der Waals surface area contributed by atoms with E-state index in [9.17, 15) is 4.79 Å². The van der Waals surface area contributed by atoms with Gasteiger partial charge in [-0.15, -0.1) is 0 Å². The van der Waals surface area contributed by atoms with E-state index < -0.39 is 0 Å². The smallest absolute Gasteiger partial charge is 0.305 e. The Morgan fingerprint density at radius 3 is 1.74 bits per heavy atom. The van der Waals surface area contributed by atoms with Gasteiger partial charge in [0.1, 0.15) is 0 Å². The minimum atomic E-state index is -0.0751. The van der Waals surface area contributed by atoms with Crippen molar-refractivity contribution in [3.8, 4) is 0 Å². The molecule has 0 aromatic rings. The monoisotopic (exact) mass is 442 g/mol. The van der Waals surface area contributed by atoms with Crippen LogP contribution in [0.2, 0.25) is 0 Å². The lowest BCUT2D eigenvalue weighted by atomic mass is 9.96. The van der Waals surface area contributed by atoms with Crippen molar-refractivity contribution >= 4 is 5.97 Å². The zero-order valence-electron chi connectivity index (χ0n) is 21.3. The Labute approximate surface area is 194 Å². The molecule has 0 bridgehead atoms. The molecule has 31 heavy (non-hydrogen) atoms. The number of rotatable bonds is 25. The van der Waals surface area contributed by atoms with Gasteiger partial charge < -0.3 is 14.2 Å². The number of unbranched alkanes of at least 4 members (excludes halogenated alkanes) is 10. The molecule has 0 saturated carbocycles. The van der Waals surface area contributed by atoms with Gasteiger partial charge in [0, 0.05) is 19.6 Å².